The molecule has 4 rings (SSSR count). The van der Waals surface area contributed by atoms with Gasteiger partial charge >= 0.3 is 0 Å². The fourth-order valence-electron chi connectivity index (χ4n) is 3.62. The number of nitrogens with zero attached hydrogens (tertiary/aromatic N) is 1. The Hall–Kier alpha value is -1.72. The Kier molecular flexibility index (Phi) is 10.2. The average Bonchev–Trinajstić information content (AvgIpc) is 3.24. The molecule has 2 fully saturated rings. The summed E-state index contributed by atoms with van der Waals surface area (Å²) in [5, 5.41) is 5.30. The standard InChI is InChI=1S/C16H24N2OS.C6H5F.C4H10/c1-10-5-7-20-15(10)14-9-18(12(3)16(19)17-14)6-4-13-8-11(13)2;7-6-4-2-1-3-5-6;1-4(2)3/h5,7,11-14H,4,6,8-9H2,1-3H3,(H,17,19);1-5H;4H,1-3H3/t11?,12?,13-,14?;;/m1../s1. The minimum absolute atomic E-state index is 0.0144. The maximum absolute atomic E-state index is 12.2. The van der Waals surface area contributed by atoms with Crippen molar-refractivity contribution in [3.63, 3.8) is 0 Å². The van der Waals surface area contributed by atoms with E-state index >= 15 is 0 Å². The van der Waals surface area contributed by atoms with E-state index in [9.17, 15) is 9.18 Å². The van der Waals surface area contributed by atoms with Crippen LogP contribution in [0, 0.1) is 30.5 Å². The zero-order chi connectivity index (χ0) is 23.0. The number of hydrogen-bond acceptors (Lipinski definition) is 3. The molecule has 3 unspecified atom stereocenters. The number of thiophene rings is 1. The van der Waals surface area contributed by atoms with Crippen molar-refractivity contribution in [3.05, 3.63) is 58.0 Å². The molecule has 0 spiro atoms. The van der Waals surface area contributed by atoms with E-state index < -0.39 is 0 Å². The highest BCUT2D eigenvalue weighted by atomic mass is 32.1. The summed E-state index contributed by atoms with van der Waals surface area (Å²) in [5.74, 6) is 2.63. The Balaban J connectivity index is 0.000000256. The van der Waals surface area contributed by atoms with Crippen LogP contribution in [0.2, 0.25) is 0 Å². The predicted molar refractivity (Wildman–Crippen MR) is 130 cm³/mol. The number of nitrogens with one attached hydrogen (secondary N) is 1. The first kappa shape index (κ1) is 25.5. The van der Waals surface area contributed by atoms with Gasteiger partial charge < -0.3 is 5.32 Å². The van der Waals surface area contributed by atoms with Gasteiger partial charge in [0.15, 0.2) is 0 Å². The maximum Gasteiger partial charge on any atom is 0.237 e. The monoisotopic (exact) mass is 446 g/mol. The van der Waals surface area contributed by atoms with Crippen molar-refractivity contribution in [1.29, 1.82) is 0 Å². The van der Waals surface area contributed by atoms with Crippen LogP contribution in [0.25, 0.3) is 0 Å². The molecule has 1 N–H and O–H groups in total. The molecule has 1 saturated carbocycles. The summed E-state index contributed by atoms with van der Waals surface area (Å²) < 4.78 is 11.9. The van der Waals surface area contributed by atoms with Gasteiger partial charge in [0.25, 0.3) is 0 Å². The third-order valence-corrected chi connectivity index (χ3v) is 6.81. The molecular formula is C26H39FN2OS. The second-order valence-electron chi connectivity index (χ2n) is 9.49. The number of carbonyl (C=O) groups is 1. The van der Waals surface area contributed by atoms with Gasteiger partial charge in [-0.2, -0.15) is 0 Å². The molecule has 1 aromatic heterocycles. The zero-order valence-electron chi connectivity index (χ0n) is 19.9. The van der Waals surface area contributed by atoms with Gasteiger partial charge in [-0.3, -0.25) is 9.69 Å². The smallest absolute Gasteiger partial charge is 0.237 e. The summed E-state index contributed by atoms with van der Waals surface area (Å²) >= 11 is 1.76. The van der Waals surface area contributed by atoms with E-state index in [0.717, 1.165) is 30.8 Å². The van der Waals surface area contributed by atoms with Crippen LogP contribution in [-0.2, 0) is 4.79 Å². The number of benzene rings is 1. The van der Waals surface area contributed by atoms with Crippen LogP contribution in [0.1, 0.15) is 63.9 Å². The van der Waals surface area contributed by atoms with Crippen molar-refractivity contribution < 1.29 is 9.18 Å². The van der Waals surface area contributed by atoms with Gasteiger partial charge in [-0.05, 0) is 80.1 Å². The van der Waals surface area contributed by atoms with Gasteiger partial charge in [0.2, 0.25) is 5.91 Å². The van der Waals surface area contributed by atoms with Crippen molar-refractivity contribution in [2.45, 2.75) is 66.5 Å². The fraction of sp³-hybridized carbons (Fsp3) is 0.577. The first-order valence-corrected chi connectivity index (χ1v) is 12.4. The number of rotatable bonds is 4. The number of halogens is 1. The Labute approximate surface area is 192 Å². The molecule has 5 heteroatoms. The fourth-order valence-corrected chi connectivity index (χ4v) is 4.59. The highest BCUT2D eigenvalue weighted by Crippen LogP contribution is 2.40. The lowest BCUT2D eigenvalue weighted by atomic mass is 10.0. The molecule has 172 valence electrons. The quantitative estimate of drug-likeness (QED) is 0.585. The summed E-state index contributed by atoms with van der Waals surface area (Å²) in [6, 6.07) is 10.3. The molecule has 2 heterocycles. The van der Waals surface area contributed by atoms with Crippen molar-refractivity contribution in [2.75, 3.05) is 13.1 Å². The number of hydrogen-bond donors (Lipinski definition) is 1. The molecule has 1 aliphatic carbocycles. The SMILES string of the molecule is CC(C)C.Cc1ccsc1C1CN(CC[C@@H]2CC2C)C(C)C(=O)N1.Fc1ccccc1. The van der Waals surface area contributed by atoms with Crippen molar-refractivity contribution in [2.24, 2.45) is 17.8 Å². The van der Waals surface area contributed by atoms with Crippen molar-refractivity contribution in [3.8, 4) is 0 Å². The van der Waals surface area contributed by atoms with Crippen LogP contribution >= 0.6 is 11.3 Å². The summed E-state index contributed by atoms with van der Waals surface area (Å²) in [4.78, 5) is 15.9. The van der Waals surface area contributed by atoms with Gasteiger partial charge in [-0.15, -0.1) is 11.3 Å². The molecule has 31 heavy (non-hydrogen) atoms. The Morgan fingerprint density at radius 3 is 2.23 bits per heavy atom. The van der Waals surface area contributed by atoms with Crippen LogP contribution in [0.4, 0.5) is 4.39 Å². The number of amides is 1. The molecular weight excluding hydrogens is 407 g/mol. The second kappa shape index (κ2) is 12.4. The molecule has 0 radical (unpaired) electrons. The first-order valence-electron chi connectivity index (χ1n) is 11.5. The largest absolute Gasteiger partial charge is 0.346 e. The highest BCUT2D eigenvalue weighted by molar-refractivity contribution is 7.10. The average molecular weight is 447 g/mol. The Morgan fingerprint density at radius 2 is 1.77 bits per heavy atom. The van der Waals surface area contributed by atoms with Crippen LogP contribution in [0.15, 0.2) is 41.8 Å². The lowest BCUT2D eigenvalue weighted by Crippen LogP contribution is -2.55. The van der Waals surface area contributed by atoms with E-state index in [1.807, 2.05) is 6.92 Å². The Morgan fingerprint density at radius 1 is 1.16 bits per heavy atom. The number of aryl methyl sites for hydroxylation is 1. The van der Waals surface area contributed by atoms with Crippen LogP contribution in [-0.4, -0.2) is 29.9 Å². The van der Waals surface area contributed by atoms with Crippen molar-refractivity contribution in [1.82, 2.24) is 10.2 Å². The summed E-state index contributed by atoms with van der Waals surface area (Å²) in [5.41, 5.74) is 1.30. The van der Waals surface area contributed by atoms with Gasteiger partial charge in [0.05, 0.1) is 12.1 Å². The molecule has 4 atom stereocenters. The van der Waals surface area contributed by atoms with Crippen LogP contribution in [0.3, 0.4) is 0 Å². The number of carbonyl (C=O) groups excluding carboxylic acids is 1. The highest BCUT2D eigenvalue weighted by Gasteiger charge is 2.36. The second-order valence-corrected chi connectivity index (χ2v) is 10.4. The van der Waals surface area contributed by atoms with E-state index in [1.54, 1.807) is 29.5 Å². The summed E-state index contributed by atoms with van der Waals surface area (Å²) in [7, 11) is 0. The molecule has 0 bridgehead atoms. The minimum Gasteiger partial charge on any atom is -0.346 e. The molecule has 2 aliphatic rings. The van der Waals surface area contributed by atoms with E-state index in [0.29, 0.717) is 0 Å². The van der Waals surface area contributed by atoms with Crippen LogP contribution in [0.5, 0.6) is 0 Å². The lowest BCUT2D eigenvalue weighted by Gasteiger charge is -2.37. The molecule has 2 aromatic rings. The topological polar surface area (TPSA) is 32.3 Å². The van der Waals surface area contributed by atoms with E-state index in [-0.39, 0.29) is 23.8 Å². The van der Waals surface area contributed by atoms with Gasteiger partial charge in [-0.25, -0.2) is 4.39 Å². The van der Waals surface area contributed by atoms with Crippen LogP contribution < -0.4 is 5.32 Å². The third-order valence-electron chi connectivity index (χ3n) is 5.68. The lowest BCUT2D eigenvalue weighted by molar-refractivity contribution is -0.130. The first-order chi connectivity index (χ1) is 14.7. The van der Waals surface area contributed by atoms with Crippen molar-refractivity contribution >= 4 is 17.2 Å². The summed E-state index contributed by atoms with van der Waals surface area (Å²) in [6.07, 6.45) is 2.62. The predicted octanol–water partition coefficient (Wildman–Crippen LogP) is 6.45. The molecule has 3 nitrogen and oxygen atoms in total. The molecule has 1 aliphatic heterocycles. The Bertz CT molecular complexity index is 789. The number of piperazine rings is 1. The molecule has 1 saturated heterocycles. The van der Waals surface area contributed by atoms with Gasteiger partial charge in [0, 0.05) is 11.4 Å². The molecule has 1 aromatic carbocycles. The maximum atomic E-state index is 12.2. The normalized spacial score (nSPS) is 25.1. The molecule has 1 amide bonds. The zero-order valence-corrected chi connectivity index (χ0v) is 20.7. The van der Waals surface area contributed by atoms with E-state index in [4.69, 9.17) is 0 Å². The summed E-state index contributed by atoms with van der Waals surface area (Å²) in [6.45, 7) is 15.0. The van der Waals surface area contributed by atoms with E-state index in [2.05, 4.69) is 56.3 Å². The van der Waals surface area contributed by atoms with Gasteiger partial charge in [0.1, 0.15) is 5.82 Å². The third kappa shape index (κ3) is 8.74. The van der Waals surface area contributed by atoms with E-state index in [1.165, 1.54) is 35.4 Å². The minimum atomic E-state index is -0.178. The van der Waals surface area contributed by atoms with Gasteiger partial charge in [-0.1, -0.05) is 45.9 Å².